The molecule has 10 N–H and O–H groups in total. The van der Waals surface area contributed by atoms with Crippen molar-refractivity contribution < 1.29 is 74.1 Å². The van der Waals surface area contributed by atoms with Gasteiger partial charge in [0, 0.05) is 13.8 Å². The maximum Gasteiger partial charge on any atom is 0.217 e. The molecule has 2 amide bonds. The number of ether oxygens (including phenoxy) is 5. The third kappa shape index (κ3) is 7.02. The lowest BCUT2D eigenvalue weighted by atomic mass is 9.94. The van der Waals surface area contributed by atoms with Crippen LogP contribution >= 0.6 is 0 Å². The van der Waals surface area contributed by atoms with Crippen molar-refractivity contribution in [3.05, 3.63) is 0 Å². The van der Waals surface area contributed by atoms with E-state index in [2.05, 4.69) is 10.6 Å². The minimum Gasteiger partial charge on any atom is -0.394 e. The van der Waals surface area contributed by atoms with Gasteiger partial charge in [0.1, 0.15) is 67.0 Å². The minimum absolute atomic E-state index is 0.635. The number of carbonyl (C=O) groups is 2. The molecule has 226 valence electrons. The first-order valence-electron chi connectivity index (χ1n) is 12.4. The quantitative estimate of drug-likeness (QED) is 0.130. The van der Waals surface area contributed by atoms with Crippen LogP contribution in [0.5, 0.6) is 0 Å². The number of aliphatic hydroxyl groups is 8. The lowest BCUT2D eigenvalue weighted by molar-refractivity contribution is -0.362. The van der Waals surface area contributed by atoms with Gasteiger partial charge in [-0.1, -0.05) is 0 Å². The van der Waals surface area contributed by atoms with Crippen molar-refractivity contribution >= 4 is 11.8 Å². The van der Waals surface area contributed by atoms with Crippen LogP contribution in [0.15, 0.2) is 0 Å². The molecule has 0 radical (unpaired) electrons. The van der Waals surface area contributed by atoms with Gasteiger partial charge in [0.05, 0.1) is 19.3 Å². The average molecular weight is 571 g/mol. The third-order valence-corrected chi connectivity index (χ3v) is 6.86. The molecule has 0 spiro atoms. The van der Waals surface area contributed by atoms with Crippen LogP contribution in [0.2, 0.25) is 0 Å². The molecule has 15 atom stereocenters. The zero-order valence-electron chi connectivity index (χ0n) is 21.5. The summed E-state index contributed by atoms with van der Waals surface area (Å²) >= 11 is 0. The maximum absolute atomic E-state index is 12.0. The fraction of sp³-hybridized carbons (Fsp3) is 0.909. The molecule has 0 saturated carbocycles. The van der Waals surface area contributed by atoms with Crippen molar-refractivity contribution in [2.45, 2.75) is 113 Å². The Hall–Kier alpha value is -1.58. The lowest BCUT2D eigenvalue weighted by Crippen LogP contribution is -2.70. The van der Waals surface area contributed by atoms with E-state index in [-0.39, 0.29) is 0 Å². The van der Waals surface area contributed by atoms with E-state index in [0.29, 0.717) is 0 Å². The van der Waals surface area contributed by atoms with Crippen molar-refractivity contribution in [1.29, 1.82) is 0 Å². The minimum atomic E-state index is -1.80. The van der Waals surface area contributed by atoms with Crippen molar-refractivity contribution in [2.75, 3.05) is 13.2 Å². The molecule has 0 aromatic heterocycles. The molecule has 39 heavy (non-hydrogen) atoms. The summed E-state index contributed by atoms with van der Waals surface area (Å²) in [6.07, 6.45) is -20.0. The molecule has 3 aliphatic rings. The van der Waals surface area contributed by atoms with Gasteiger partial charge in [0.2, 0.25) is 11.8 Å². The van der Waals surface area contributed by atoms with Gasteiger partial charge in [-0.3, -0.25) is 9.59 Å². The highest BCUT2D eigenvalue weighted by molar-refractivity contribution is 5.73. The summed E-state index contributed by atoms with van der Waals surface area (Å²) in [7, 11) is 0. The number of aliphatic hydroxyl groups excluding tert-OH is 8. The number of nitrogens with one attached hydrogen (secondary N) is 2. The van der Waals surface area contributed by atoms with Gasteiger partial charge < -0.3 is 75.2 Å². The van der Waals surface area contributed by atoms with Crippen molar-refractivity contribution in [2.24, 2.45) is 0 Å². The van der Waals surface area contributed by atoms with E-state index in [1.165, 1.54) is 6.92 Å². The van der Waals surface area contributed by atoms with Gasteiger partial charge in [-0.25, -0.2) is 0 Å². The summed E-state index contributed by atoms with van der Waals surface area (Å²) in [6, 6.07) is -2.82. The van der Waals surface area contributed by atoms with E-state index in [9.17, 15) is 50.4 Å². The van der Waals surface area contributed by atoms with Crippen molar-refractivity contribution in [3.8, 4) is 0 Å². The van der Waals surface area contributed by atoms with Gasteiger partial charge in [-0.15, -0.1) is 0 Å². The van der Waals surface area contributed by atoms with Crippen LogP contribution in [-0.2, 0) is 33.3 Å². The summed E-state index contributed by atoms with van der Waals surface area (Å²) < 4.78 is 28.4. The average Bonchev–Trinajstić information content (AvgIpc) is 2.88. The predicted molar refractivity (Wildman–Crippen MR) is 123 cm³/mol. The molecule has 0 aromatic carbocycles. The Balaban J connectivity index is 1.98. The molecule has 0 aliphatic carbocycles. The first kappa shape index (κ1) is 31.9. The second-order valence-electron chi connectivity index (χ2n) is 9.79. The smallest absolute Gasteiger partial charge is 0.217 e. The highest BCUT2D eigenvalue weighted by Crippen LogP contribution is 2.33. The van der Waals surface area contributed by atoms with Crippen molar-refractivity contribution in [3.63, 3.8) is 0 Å². The highest BCUT2D eigenvalue weighted by atomic mass is 16.7. The Kier molecular flexibility index (Phi) is 11.0. The molecule has 3 aliphatic heterocycles. The van der Waals surface area contributed by atoms with Crippen LogP contribution in [0, 0.1) is 0 Å². The van der Waals surface area contributed by atoms with E-state index in [4.69, 9.17) is 23.7 Å². The van der Waals surface area contributed by atoms with Crippen molar-refractivity contribution in [1.82, 2.24) is 10.6 Å². The van der Waals surface area contributed by atoms with Crippen LogP contribution < -0.4 is 10.6 Å². The van der Waals surface area contributed by atoms with Crippen LogP contribution in [0.4, 0.5) is 0 Å². The number of hydrogen-bond acceptors (Lipinski definition) is 15. The van der Waals surface area contributed by atoms with E-state index >= 15 is 0 Å². The van der Waals surface area contributed by atoms with Crippen LogP contribution in [0.1, 0.15) is 20.8 Å². The number of carbonyl (C=O) groups excluding carboxylic acids is 2. The zero-order chi connectivity index (χ0) is 29.2. The number of hydrogen-bond donors (Lipinski definition) is 10. The molecule has 0 unspecified atom stereocenters. The lowest BCUT2D eigenvalue weighted by Gasteiger charge is -2.50. The molecule has 17 heteroatoms. The molecular formula is C22H38N2O15. The van der Waals surface area contributed by atoms with E-state index in [0.717, 1.165) is 13.8 Å². The van der Waals surface area contributed by atoms with Crippen LogP contribution in [0.3, 0.4) is 0 Å². The normalized spacial score (nSPS) is 46.9. The Labute approximate surface area is 223 Å². The Morgan fingerprint density at radius 2 is 1.23 bits per heavy atom. The van der Waals surface area contributed by atoms with Gasteiger partial charge in [0.15, 0.2) is 18.9 Å². The van der Waals surface area contributed by atoms with E-state index in [1.54, 1.807) is 0 Å². The molecule has 3 rings (SSSR count). The van der Waals surface area contributed by atoms with Gasteiger partial charge in [0.25, 0.3) is 0 Å². The number of rotatable bonds is 8. The largest absolute Gasteiger partial charge is 0.394 e. The fourth-order valence-corrected chi connectivity index (χ4v) is 4.80. The molecule has 17 nitrogen and oxygen atoms in total. The molecular weight excluding hydrogens is 532 g/mol. The summed E-state index contributed by atoms with van der Waals surface area (Å²) in [5.41, 5.74) is 0. The Morgan fingerprint density at radius 1 is 0.667 bits per heavy atom. The first-order chi connectivity index (χ1) is 18.3. The fourth-order valence-electron chi connectivity index (χ4n) is 4.80. The second kappa shape index (κ2) is 13.4. The maximum atomic E-state index is 12.0. The summed E-state index contributed by atoms with van der Waals surface area (Å²) in [5.74, 6) is -1.28. The van der Waals surface area contributed by atoms with Gasteiger partial charge in [-0.05, 0) is 6.92 Å². The monoisotopic (exact) mass is 570 g/mol. The first-order valence-corrected chi connectivity index (χ1v) is 12.4. The predicted octanol–water partition coefficient (Wildman–Crippen LogP) is -6.26. The molecule has 0 bridgehead atoms. The summed E-state index contributed by atoms with van der Waals surface area (Å²) in [5, 5.41) is 86.7. The highest BCUT2D eigenvalue weighted by Gasteiger charge is 2.54. The van der Waals surface area contributed by atoms with E-state index < -0.39 is 117 Å². The zero-order valence-corrected chi connectivity index (χ0v) is 21.5. The topological polar surface area (TPSA) is 266 Å². The Morgan fingerprint density at radius 3 is 1.79 bits per heavy atom. The van der Waals surface area contributed by atoms with Crippen LogP contribution in [0.25, 0.3) is 0 Å². The number of amides is 2. The van der Waals surface area contributed by atoms with E-state index in [1.807, 2.05) is 0 Å². The summed E-state index contributed by atoms with van der Waals surface area (Å²) in [4.78, 5) is 23.8. The molecule has 3 saturated heterocycles. The van der Waals surface area contributed by atoms with Gasteiger partial charge in [-0.2, -0.15) is 0 Å². The van der Waals surface area contributed by atoms with Crippen LogP contribution in [-0.4, -0.2) is 158 Å². The molecule has 0 aromatic rings. The summed E-state index contributed by atoms with van der Waals surface area (Å²) in [6.45, 7) is 2.13. The van der Waals surface area contributed by atoms with Gasteiger partial charge >= 0.3 is 0 Å². The third-order valence-electron chi connectivity index (χ3n) is 6.86. The molecule has 3 fully saturated rings. The SMILES string of the molecule is CC(=O)N[C@@H]1[C@@H](O[C@@H]2O[C@@H](C)[C@@H](O)[C@@H](O)[C@@H]2O)[C@H](O[C@H]2O[C@H](CO)[C@H](O)[C@H](O)[C@H]2NC(C)=O)[C@@H](CO)O[C@H]1O. The second-order valence-corrected chi connectivity index (χ2v) is 9.79. The Bertz CT molecular complexity index is 837. The standard InChI is InChI=1S/C22H38N2O15/c1-6-13(29)16(32)17(33)22(35-6)39-19-12(24-8(3)28)20(34)36-10(5-26)18(19)38-21-11(23-7(2)27)15(31)14(30)9(4-25)37-21/h6,9-22,25-26,29-34H,4-5H2,1-3H3,(H,23,27)(H,24,28)/t6-,9+,10+,11+,12+,13+,14-,15+,16+,17-,18+,19+,20+,21+,22-/m0/s1. The molecule has 3 heterocycles.